The molecule has 1 aromatic rings. The van der Waals surface area contributed by atoms with Gasteiger partial charge in [-0.25, -0.2) is 0 Å². The van der Waals surface area contributed by atoms with Crippen LogP contribution in [0.3, 0.4) is 0 Å². The number of guanidine groups is 1. The molecule has 0 amide bonds. The molecule has 0 fully saturated rings. The second-order valence-corrected chi connectivity index (χ2v) is 3.21. The molecule has 0 aromatic heterocycles. The summed E-state index contributed by atoms with van der Waals surface area (Å²) in [6, 6.07) is 10.4. The molecule has 0 radical (unpaired) electrons. The number of nitrogens with one attached hydrogen (secondary N) is 1. The molecule has 0 bridgehead atoms. The quantitative estimate of drug-likeness (QED) is 0.731. The van der Waals surface area contributed by atoms with E-state index in [0.29, 0.717) is 11.9 Å². The minimum Gasteiger partial charge on any atom is -0.370 e. The summed E-state index contributed by atoms with van der Waals surface area (Å²) < 4.78 is 0. The van der Waals surface area contributed by atoms with Crippen LogP contribution in [0.5, 0.6) is 0 Å². The van der Waals surface area contributed by atoms with Crippen molar-refractivity contribution in [1.82, 2.24) is 5.32 Å². The highest BCUT2D eigenvalue weighted by Gasteiger charge is 2.14. The summed E-state index contributed by atoms with van der Waals surface area (Å²) >= 11 is 0. The lowest BCUT2D eigenvalue weighted by Crippen LogP contribution is -2.39. The third-order valence-electron chi connectivity index (χ3n) is 2.28. The minimum atomic E-state index is 0. The number of rotatable bonds is 1. The number of aliphatic imine (C=N–C) groups is 1. The summed E-state index contributed by atoms with van der Waals surface area (Å²) in [7, 11) is 0. The lowest BCUT2D eigenvalue weighted by atomic mass is 9.98. The van der Waals surface area contributed by atoms with E-state index in [1.54, 1.807) is 0 Å². The Balaban J connectivity index is 0.000000980. The SMILES string of the molecule is Cl.NC1=NCC(c2ccccc2)CN1. The monoisotopic (exact) mass is 211 g/mol. The number of halogens is 1. The van der Waals surface area contributed by atoms with Crippen LogP contribution in [0.2, 0.25) is 0 Å². The lowest BCUT2D eigenvalue weighted by molar-refractivity contribution is 0.635. The summed E-state index contributed by atoms with van der Waals surface area (Å²) in [6.07, 6.45) is 0. The van der Waals surface area contributed by atoms with E-state index in [1.807, 2.05) is 6.07 Å². The molecule has 2 rings (SSSR count). The van der Waals surface area contributed by atoms with Gasteiger partial charge in [0.25, 0.3) is 0 Å². The maximum atomic E-state index is 5.51. The predicted octanol–water partition coefficient (Wildman–Crippen LogP) is 1.11. The van der Waals surface area contributed by atoms with Crippen LogP contribution in [0.1, 0.15) is 11.5 Å². The second-order valence-electron chi connectivity index (χ2n) is 3.21. The third-order valence-corrected chi connectivity index (χ3v) is 2.28. The summed E-state index contributed by atoms with van der Waals surface area (Å²) in [5, 5.41) is 3.06. The van der Waals surface area contributed by atoms with E-state index >= 15 is 0 Å². The topological polar surface area (TPSA) is 50.4 Å². The molecule has 0 spiro atoms. The summed E-state index contributed by atoms with van der Waals surface area (Å²) in [5.74, 6) is 1.03. The first-order valence-electron chi connectivity index (χ1n) is 4.45. The molecular weight excluding hydrogens is 198 g/mol. The molecule has 0 saturated heterocycles. The summed E-state index contributed by atoms with van der Waals surface area (Å²) in [5.41, 5.74) is 6.84. The largest absolute Gasteiger partial charge is 0.370 e. The molecule has 0 saturated carbocycles. The molecule has 1 aliphatic rings. The highest BCUT2D eigenvalue weighted by Crippen LogP contribution is 2.16. The summed E-state index contributed by atoms with van der Waals surface area (Å²) in [4.78, 5) is 4.17. The van der Waals surface area contributed by atoms with Gasteiger partial charge >= 0.3 is 0 Å². The highest BCUT2D eigenvalue weighted by molar-refractivity contribution is 5.85. The Morgan fingerprint density at radius 1 is 1.29 bits per heavy atom. The van der Waals surface area contributed by atoms with E-state index in [4.69, 9.17) is 5.73 Å². The van der Waals surface area contributed by atoms with Crippen LogP contribution in [0.4, 0.5) is 0 Å². The van der Waals surface area contributed by atoms with Crippen LogP contribution in [-0.2, 0) is 0 Å². The predicted molar refractivity (Wildman–Crippen MR) is 60.9 cm³/mol. The molecule has 1 aliphatic heterocycles. The zero-order valence-electron chi connectivity index (χ0n) is 7.81. The van der Waals surface area contributed by atoms with Crippen molar-refractivity contribution < 1.29 is 0 Å². The Hall–Kier alpha value is -1.22. The molecule has 3 N–H and O–H groups in total. The Morgan fingerprint density at radius 2 is 2.00 bits per heavy atom. The standard InChI is InChI=1S/C10H13N3.ClH/c11-10-12-6-9(7-13-10)8-4-2-1-3-5-8;/h1-5,9H,6-7H2,(H3,11,12,13);1H. The lowest BCUT2D eigenvalue weighted by Gasteiger charge is -2.21. The van der Waals surface area contributed by atoms with Crippen molar-refractivity contribution in [2.24, 2.45) is 10.7 Å². The normalized spacial score (nSPS) is 20.3. The first-order valence-corrected chi connectivity index (χ1v) is 4.45. The molecule has 1 atom stereocenters. The molecule has 14 heavy (non-hydrogen) atoms. The van der Waals surface area contributed by atoms with Crippen LogP contribution in [0.25, 0.3) is 0 Å². The van der Waals surface area contributed by atoms with Gasteiger partial charge < -0.3 is 11.1 Å². The van der Waals surface area contributed by atoms with Crippen LogP contribution >= 0.6 is 12.4 Å². The zero-order chi connectivity index (χ0) is 9.10. The fourth-order valence-electron chi connectivity index (χ4n) is 1.51. The first-order chi connectivity index (χ1) is 6.36. The van der Waals surface area contributed by atoms with Crippen molar-refractivity contribution in [2.75, 3.05) is 13.1 Å². The van der Waals surface area contributed by atoms with Crippen molar-refractivity contribution in [3.05, 3.63) is 35.9 Å². The van der Waals surface area contributed by atoms with Crippen molar-refractivity contribution >= 4 is 18.4 Å². The van der Waals surface area contributed by atoms with Gasteiger partial charge in [-0.05, 0) is 5.56 Å². The third kappa shape index (κ3) is 2.39. The number of nitrogens with zero attached hydrogens (tertiary/aromatic N) is 1. The van der Waals surface area contributed by atoms with E-state index in [9.17, 15) is 0 Å². The molecule has 76 valence electrons. The highest BCUT2D eigenvalue weighted by atomic mass is 35.5. The molecule has 4 heteroatoms. The number of hydrogen-bond acceptors (Lipinski definition) is 3. The Morgan fingerprint density at radius 3 is 2.57 bits per heavy atom. The Bertz CT molecular complexity index is 310. The molecule has 1 heterocycles. The van der Waals surface area contributed by atoms with Gasteiger partial charge in [-0.1, -0.05) is 30.3 Å². The van der Waals surface area contributed by atoms with Gasteiger partial charge in [0, 0.05) is 12.5 Å². The van der Waals surface area contributed by atoms with E-state index in [-0.39, 0.29) is 12.4 Å². The van der Waals surface area contributed by atoms with Crippen LogP contribution in [0, 0.1) is 0 Å². The van der Waals surface area contributed by atoms with E-state index in [0.717, 1.165) is 13.1 Å². The van der Waals surface area contributed by atoms with Gasteiger partial charge in [-0.15, -0.1) is 12.4 Å². The van der Waals surface area contributed by atoms with Crippen molar-refractivity contribution in [3.8, 4) is 0 Å². The fourth-order valence-corrected chi connectivity index (χ4v) is 1.51. The minimum absolute atomic E-state index is 0. The van der Waals surface area contributed by atoms with Gasteiger partial charge in [-0.2, -0.15) is 0 Å². The maximum Gasteiger partial charge on any atom is 0.188 e. The number of nitrogens with two attached hydrogens (primary N) is 1. The first kappa shape index (κ1) is 10.9. The van der Waals surface area contributed by atoms with Crippen LogP contribution in [0.15, 0.2) is 35.3 Å². The van der Waals surface area contributed by atoms with Crippen LogP contribution < -0.4 is 11.1 Å². The Labute approximate surface area is 89.8 Å². The van der Waals surface area contributed by atoms with E-state index < -0.39 is 0 Å². The van der Waals surface area contributed by atoms with Crippen molar-refractivity contribution in [1.29, 1.82) is 0 Å². The van der Waals surface area contributed by atoms with Crippen LogP contribution in [-0.4, -0.2) is 19.0 Å². The fraction of sp³-hybridized carbons (Fsp3) is 0.300. The van der Waals surface area contributed by atoms with Gasteiger partial charge in [0.2, 0.25) is 0 Å². The summed E-state index contributed by atoms with van der Waals surface area (Å²) in [6.45, 7) is 1.68. The Kier molecular flexibility index (Phi) is 3.77. The van der Waals surface area contributed by atoms with Crippen molar-refractivity contribution in [2.45, 2.75) is 5.92 Å². The van der Waals surface area contributed by atoms with Gasteiger partial charge in [-0.3, -0.25) is 4.99 Å². The number of hydrogen-bond donors (Lipinski definition) is 2. The zero-order valence-corrected chi connectivity index (χ0v) is 8.63. The van der Waals surface area contributed by atoms with Crippen molar-refractivity contribution in [3.63, 3.8) is 0 Å². The van der Waals surface area contributed by atoms with Gasteiger partial charge in [0.15, 0.2) is 5.96 Å². The van der Waals surface area contributed by atoms with E-state index in [2.05, 4.69) is 34.6 Å². The van der Waals surface area contributed by atoms with Gasteiger partial charge in [0.05, 0.1) is 6.54 Å². The second kappa shape index (κ2) is 4.86. The molecular formula is C10H14ClN3. The molecule has 0 aliphatic carbocycles. The molecule has 1 unspecified atom stereocenters. The van der Waals surface area contributed by atoms with E-state index in [1.165, 1.54) is 5.56 Å². The number of benzene rings is 1. The average molecular weight is 212 g/mol. The smallest absolute Gasteiger partial charge is 0.188 e. The molecule has 3 nitrogen and oxygen atoms in total. The average Bonchev–Trinajstić information content (AvgIpc) is 2.20. The maximum absolute atomic E-state index is 5.51. The molecule has 1 aromatic carbocycles. The van der Waals surface area contributed by atoms with Gasteiger partial charge in [0.1, 0.15) is 0 Å².